The van der Waals surface area contributed by atoms with Gasteiger partial charge in [-0.25, -0.2) is 0 Å². The summed E-state index contributed by atoms with van der Waals surface area (Å²) in [5.41, 5.74) is 4.51. The molecule has 2 aromatic carbocycles. The van der Waals surface area contributed by atoms with Crippen LogP contribution >= 0.6 is 11.8 Å². The number of hydrogen-bond donors (Lipinski definition) is 1. The second-order valence-corrected chi connectivity index (χ2v) is 6.79. The lowest BCUT2D eigenvalue weighted by molar-refractivity contribution is 0.669. The molecular formula is C19H23NS. The van der Waals surface area contributed by atoms with Crippen molar-refractivity contribution in [3.8, 4) is 0 Å². The van der Waals surface area contributed by atoms with Crippen LogP contribution < -0.4 is 5.32 Å². The number of nitrogens with one attached hydrogen (secondary N) is 1. The summed E-state index contributed by atoms with van der Waals surface area (Å²) < 4.78 is 0. The van der Waals surface area contributed by atoms with E-state index in [-0.39, 0.29) is 0 Å². The van der Waals surface area contributed by atoms with Crippen LogP contribution in [-0.4, -0.2) is 6.54 Å². The smallest absolute Gasteiger partial charge is 0.0216 e. The number of fused-ring (bicyclic) bond motifs is 1. The molecule has 21 heavy (non-hydrogen) atoms. The van der Waals surface area contributed by atoms with E-state index in [4.69, 9.17) is 0 Å². The zero-order valence-corrected chi connectivity index (χ0v) is 13.5. The fraction of sp³-hybridized carbons (Fsp3) is 0.368. The first-order chi connectivity index (χ1) is 10.4. The maximum absolute atomic E-state index is 3.51. The van der Waals surface area contributed by atoms with Crippen molar-refractivity contribution in [2.45, 2.75) is 48.9 Å². The minimum absolute atomic E-state index is 0.960. The van der Waals surface area contributed by atoms with Crippen molar-refractivity contribution in [3.63, 3.8) is 0 Å². The van der Waals surface area contributed by atoms with Gasteiger partial charge >= 0.3 is 0 Å². The molecule has 2 heteroatoms. The molecule has 1 aliphatic carbocycles. The summed E-state index contributed by atoms with van der Waals surface area (Å²) in [6, 6.07) is 15.7. The van der Waals surface area contributed by atoms with Crippen LogP contribution in [0.4, 0.5) is 0 Å². The third-order valence-corrected chi connectivity index (χ3v) is 5.12. The summed E-state index contributed by atoms with van der Waals surface area (Å²) in [5, 5.41) is 3.51. The molecule has 0 fully saturated rings. The highest BCUT2D eigenvalue weighted by molar-refractivity contribution is 7.99. The summed E-state index contributed by atoms with van der Waals surface area (Å²) in [5.74, 6) is 0. The molecule has 0 heterocycles. The summed E-state index contributed by atoms with van der Waals surface area (Å²) in [7, 11) is 0. The summed E-state index contributed by atoms with van der Waals surface area (Å²) in [4.78, 5) is 2.75. The molecule has 0 aromatic heterocycles. The second kappa shape index (κ2) is 7.15. The Kier molecular flexibility index (Phi) is 5.00. The molecule has 1 aliphatic rings. The third-order valence-electron chi connectivity index (χ3n) is 4.01. The van der Waals surface area contributed by atoms with Crippen LogP contribution in [0.5, 0.6) is 0 Å². The van der Waals surface area contributed by atoms with E-state index in [0.717, 1.165) is 13.1 Å². The minimum Gasteiger partial charge on any atom is -0.313 e. The highest BCUT2D eigenvalue weighted by Crippen LogP contribution is 2.33. The predicted molar refractivity (Wildman–Crippen MR) is 91.0 cm³/mol. The zero-order chi connectivity index (χ0) is 14.5. The van der Waals surface area contributed by atoms with Crippen LogP contribution in [0.3, 0.4) is 0 Å². The molecule has 0 amide bonds. The van der Waals surface area contributed by atoms with Gasteiger partial charge in [0.1, 0.15) is 0 Å². The fourth-order valence-electron chi connectivity index (χ4n) is 2.89. The molecule has 0 unspecified atom stereocenters. The lowest BCUT2D eigenvalue weighted by atomic mass is 10.1. The fourth-order valence-corrected chi connectivity index (χ4v) is 3.90. The van der Waals surface area contributed by atoms with Crippen molar-refractivity contribution >= 4 is 11.8 Å². The van der Waals surface area contributed by atoms with E-state index in [2.05, 4.69) is 54.7 Å². The molecule has 2 aromatic rings. The molecule has 0 spiro atoms. The Morgan fingerprint density at radius 3 is 2.81 bits per heavy atom. The van der Waals surface area contributed by atoms with Crippen molar-refractivity contribution in [2.24, 2.45) is 0 Å². The molecule has 0 atom stereocenters. The van der Waals surface area contributed by atoms with Gasteiger partial charge in [0.05, 0.1) is 0 Å². The van der Waals surface area contributed by atoms with Gasteiger partial charge in [0.15, 0.2) is 0 Å². The van der Waals surface area contributed by atoms with Crippen LogP contribution in [0.1, 0.15) is 36.5 Å². The lowest BCUT2D eigenvalue weighted by Gasteiger charge is -2.11. The first-order valence-corrected chi connectivity index (χ1v) is 8.77. The molecule has 0 saturated carbocycles. The quantitative estimate of drug-likeness (QED) is 0.767. The Morgan fingerprint density at radius 2 is 1.90 bits per heavy atom. The number of rotatable bonds is 6. The van der Waals surface area contributed by atoms with E-state index in [1.807, 2.05) is 11.8 Å². The Hall–Kier alpha value is -1.25. The maximum atomic E-state index is 3.51. The molecule has 1 nitrogen and oxygen atoms in total. The SMILES string of the molecule is CCCNCc1ccccc1Sc1ccc2c(c1)CCC2. The minimum atomic E-state index is 0.960. The van der Waals surface area contributed by atoms with Crippen LogP contribution in [0.25, 0.3) is 0 Å². The normalized spacial score (nSPS) is 13.4. The average molecular weight is 297 g/mol. The Bertz CT molecular complexity index is 606. The topological polar surface area (TPSA) is 12.0 Å². The van der Waals surface area contributed by atoms with Crippen molar-refractivity contribution in [1.29, 1.82) is 0 Å². The van der Waals surface area contributed by atoms with E-state index >= 15 is 0 Å². The largest absolute Gasteiger partial charge is 0.313 e. The van der Waals surface area contributed by atoms with Gasteiger partial charge in [-0.1, -0.05) is 43.0 Å². The van der Waals surface area contributed by atoms with Gasteiger partial charge < -0.3 is 5.32 Å². The first kappa shape index (κ1) is 14.7. The average Bonchev–Trinajstić information content (AvgIpc) is 2.97. The zero-order valence-electron chi connectivity index (χ0n) is 12.7. The van der Waals surface area contributed by atoms with Crippen molar-refractivity contribution in [2.75, 3.05) is 6.54 Å². The molecule has 0 radical (unpaired) electrons. The molecule has 0 aliphatic heterocycles. The number of hydrogen-bond acceptors (Lipinski definition) is 2. The molecule has 0 saturated heterocycles. The van der Waals surface area contributed by atoms with Crippen molar-refractivity contribution in [3.05, 3.63) is 59.2 Å². The van der Waals surface area contributed by atoms with Gasteiger partial charge in [-0.05, 0) is 67.1 Å². The summed E-state index contributed by atoms with van der Waals surface area (Å²) in [6.45, 7) is 4.25. The second-order valence-electron chi connectivity index (χ2n) is 5.67. The van der Waals surface area contributed by atoms with Gasteiger partial charge in [-0.2, -0.15) is 0 Å². The Labute approximate surface area is 132 Å². The van der Waals surface area contributed by atoms with Gasteiger partial charge in [0.2, 0.25) is 0 Å². The van der Waals surface area contributed by atoms with E-state index in [1.165, 1.54) is 41.0 Å². The van der Waals surface area contributed by atoms with E-state index in [9.17, 15) is 0 Å². The number of aryl methyl sites for hydroxylation is 2. The highest BCUT2D eigenvalue weighted by Gasteiger charge is 2.12. The molecule has 1 N–H and O–H groups in total. The first-order valence-electron chi connectivity index (χ1n) is 7.95. The molecule has 3 rings (SSSR count). The Balaban J connectivity index is 1.75. The van der Waals surface area contributed by atoms with E-state index < -0.39 is 0 Å². The maximum Gasteiger partial charge on any atom is 0.0216 e. The molecule has 0 bridgehead atoms. The summed E-state index contributed by atoms with van der Waals surface area (Å²) >= 11 is 1.90. The lowest BCUT2D eigenvalue weighted by Crippen LogP contribution is -2.14. The van der Waals surface area contributed by atoms with Gasteiger partial charge in [-0.3, -0.25) is 0 Å². The van der Waals surface area contributed by atoms with Crippen LogP contribution in [-0.2, 0) is 19.4 Å². The monoisotopic (exact) mass is 297 g/mol. The molecule has 110 valence electrons. The number of benzene rings is 2. The van der Waals surface area contributed by atoms with Gasteiger partial charge in [-0.15, -0.1) is 0 Å². The van der Waals surface area contributed by atoms with Crippen LogP contribution in [0.15, 0.2) is 52.3 Å². The predicted octanol–water partition coefficient (Wildman–Crippen LogP) is 4.83. The van der Waals surface area contributed by atoms with Gasteiger partial charge in [0, 0.05) is 16.3 Å². The Morgan fingerprint density at radius 1 is 1.05 bits per heavy atom. The third kappa shape index (κ3) is 3.69. The van der Waals surface area contributed by atoms with Crippen molar-refractivity contribution in [1.82, 2.24) is 5.32 Å². The molecular weight excluding hydrogens is 274 g/mol. The summed E-state index contributed by atoms with van der Waals surface area (Å²) in [6.07, 6.45) is 5.02. The van der Waals surface area contributed by atoms with E-state index in [1.54, 1.807) is 11.1 Å². The highest BCUT2D eigenvalue weighted by atomic mass is 32.2. The van der Waals surface area contributed by atoms with Crippen molar-refractivity contribution < 1.29 is 0 Å². The van der Waals surface area contributed by atoms with Crippen LogP contribution in [0.2, 0.25) is 0 Å². The standard InChI is InChI=1S/C19H23NS/c1-2-12-20-14-17-6-3-4-9-19(17)21-18-11-10-15-7-5-8-16(15)13-18/h3-4,6,9-11,13,20H,2,5,7-8,12,14H2,1H3. The van der Waals surface area contributed by atoms with E-state index in [0.29, 0.717) is 0 Å². The van der Waals surface area contributed by atoms with Crippen LogP contribution in [0, 0.1) is 0 Å². The van der Waals surface area contributed by atoms with Gasteiger partial charge in [0.25, 0.3) is 0 Å².